The minimum atomic E-state index is 0. The molecule has 9 heavy (non-hydrogen) atoms. The van der Waals surface area contributed by atoms with E-state index in [1.165, 1.54) is 19.3 Å². The molecule has 0 amide bonds. The van der Waals surface area contributed by atoms with Gasteiger partial charge in [0.1, 0.15) is 6.29 Å². The van der Waals surface area contributed by atoms with Crippen molar-refractivity contribution in [2.45, 2.75) is 32.1 Å². The van der Waals surface area contributed by atoms with Crippen molar-refractivity contribution in [1.29, 1.82) is 0 Å². The van der Waals surface area contributed by atoms with Crippen LogP contribution in [-0.2, 0) is 4.79 Å². The molecule has 1 nitrogen and oxygen atoms in total. The average Bonchev–Trinajstić information content (AvgIpc) is 1.90. The Balaban J connectivity index is 0.000000640. The van der Waals surface area contributed by atoms with Crippen LogP contribution >= 0.6 is 0 Å². The molecule has 0 N–H and O–H groups in total. The molecular weight excluding hydrogens is 123 g/mol. The molecule has 0 saturated heterocycles. The zero-order chi connectivity index (χ0) is 5.82. The number of carbonyl (C=O) groups is 1. The minimum Gasteiger partial charge on any atom is -0.303 e. The largest absolute Gasteiger partial charge is 0.303 e. The SMILES string of the molecule is O=CC1CCCCC1.[Na]. The summed E-state index contributed by atoms with van der Waals surface area (Å²) in [6, 6.07) is 0. The van der Waals surface area contributed by atoms with Crippen LogP contribution in [0, 0.1) is 5.92 Å². The van der Waals surface area contributed by atoms with Crippen molar-refractivity contribution >= 4 is 35.8 Å². The molecule has 0 aromatic heterocycles. The minimum absolute atomic E-state index is 0. The molecule has 0 aromatic carbocycles. The molecular formula is C7H12NaO. The maximum absolute atomic E-state index is 10.2. The number of rotatable bonds is 1. The van der Waals surface area contributed by atoms with E-state index >= 15 is 0 Å². The average molecular weight is 135 g/mol. The summed E-state index contributed by atoms with van der Waals surface area (Å²) in [5.74, 6) is 0.406. The molecule has 47 valence electrons. The van der Waals surface area contributed by atoms with Crippen LogP contribution in [-0.4, -0.2) is 35.8 Å². The van der Waals surface area contributed by atoms with Crippen LogP contribution in [0.15, 0.2) is 0 Å². The maximum Gasteiger partial charge on any atom is 0.123 e. The van der Waals surface area contributed by atoms with E-state index in [0.29, 0.717) is 5.92 Å². The Labute approximate surface area is 78.5 Å². The van der Waals surface area contributed by atoms with Gasteiger partial charge in [0.25, 0.3) is 0 Å². The van der Waals surface area contributed by atoms with Crippen LogP contribution in [0.4, 0.5) is 0 Å². The Hall–Kier alpha value is 0.670. The van der Waals surface area contributed by atoms with Gasteiger partial charge in [-0.2, -0.15) is 0 Å². The molecule has 0 bridgehead atoms. The van der Waals surface area contributed by atoms with E-state index in [0.717, 1.165) is 19.1 Å². The van der Waals surface area contributed by atoms with E-state index in [4.69, 9.17) is 0 Å². The molecule has 0 aromatic rings. The third kappa shape index (κ3) is 3.39. The number of hydrogen-bond donors (Lipinski definition) is 0. The van der Waals surface area contributed by atoms with Gasteiger partial charge in [0.05, 0.1) is 0 Å². The third-order valence-electron chi connectivity index (χ3n) is 1.84. The number of aldehydes is 1. The second-order valence-electron chi connectivity index (χ2n) is 2.53. The summed E-state index contributed by atoms with van der Waals surface area (Å²) in [6.45, 7) is 0. The van der Waals surface area contributed by atoms with Crippen molar-refractivity contribution in [3.05, 3.63) is 0 Å². The summed E-state index contributed by atoms with van der Waals surface area (Å²) in [5.41, 5.74) is 0. The summed E-state index contributed by atoms with van der Waals surface area (Å²) in [4.78, 5) is 10.2. The fourth-order valence-corrected chi connectivity index (χ4v) is 1.27. The first kappa shape index (κ1) is 9.67. The fourth-order valence-electron chi connectivity index (χ4n) is 1.27. The van der Waals surface area contributed by atoms with Crippen molar-refractivity contribution in [1.82, 2.24) is 0 Å². The first-order valence-corrected chi connectivity index (χ1v) is 3.39. The van der Waals surface area contributed by atoms with Gasteiger partial charge in [0, 0.05) is 35.5 Å². The second-order valence-corrected chi connectivity index (χ2v) is 2.53. The molecule has 1 radical (unpaired) electrons. The summed E-state index contributed by atoms with van der Waals surface area (Å²) in [7, 11) is 0. The Kier molecular flexibility index (Phi) is 5.86. The first-order valence-electron chi connectivity index (χ1n) is 3.39. The molecule has 1 fully saturated rings. The van der Waals surface area contributed by atoms with Gasteiger partial charge in [-0.1, -0.05) is 19.3 Å². The predicted molar refractivity (Wildman–Crippen MR) is 38.4 cm³/mol. The van der Waals surface area contributed by atoms with Gasteiger partial charge >= 0.3 is 0 Å². The molecule has 1 aliphatic carbocycles. The molecule has 1 aliphatic rings. The third-order valence-corrected chi connectivity index (χ3v) is 1.84. The second kappa shape index (κ2) is 5.45. The van der Waals surface area contributed by atoms with Crippen molar-refractivity contribution < 1.29 is 4.79 Å². The van der Waals surface area contributed by atoms with Crippen molar-refractivity contribution in [2.24, 2.45) is 5.92 Å². The fraction of sp³-hybridized carbons (Fsp3) is 0.857. The van der Waals surface area contributed by atoms with Crippen molar-refractivity contribution in [2.75, 3.05) is 0 Å². The zero-order valence-corrected chi connectivity index (χ0v) is 8.10. The van der Waals surface area contributed by atoms with E-state index in [2.05, 4.69) is 0 Å². The Morgan fingerprint density at radius 2 is 1.67 bits per heavy atom. The van der Waals surface area contributed by atoms with Gasteiger partial charge < -0.3 is 4.79 Å². The number of carbonyl (C=O) groups excluding carboxylic acids is 1. The molecule has 0 heterocycles. The van der Waals surface area contributed by atoms with Crippen LogP contribution in [0.2, 0.25) is 0 Å². The molecule has 1 rings (SSSR count). The predicted octanol–water partition coefficient (Wildman–Crippen LogP) is 1.38. The standard InChI is InChI=1S/C7H12O.Na/c8-6-7-4-2-1-3-5-7;/h6-7H,1-5H2;. The summed E-state index contributed by atoms with van der Waals surface area (Å²) >= 11 is 0. The molecule has 2 heteroatoms. The van der Waals surface area contributed by atoms with Gasteiger partial charge in [-0.15, -0.1) is 0 Å². The molecule has 0 aliphatic heterocycles. The normalized spacial score (nSPS) is 20.4. The summed E-state index contributed by atoms with van der Waals surface area (Å²) in [6.07, 6.45) is 7.27. The van der Waals surface area contributed by atoms with Crippen LogP contribution in [0.3, 0.4) is 0 Å². The number of hydrogen-bond acceptors (Lipinski definition) is 1. The van der Waals surface area contributed by atoms with Crippen molar-refractivity contribution in [3.8, 4) is 0 Å². The topological polar surface area (TPSA) is 17.1 Å². The van der Waals surface area contributed by atoms with E-state index < -0.39 is 0 Å². The van der Waals surface area contributed by atoms with Crippen LogP contribution in [0.1, 0.15) is 32.1 Å². The molecule has 0 spiro atoms. The van der Waals surface area contributed by atoms with Gasteiger partial charge in [-0.3, -0.25) is 0 Å². The molecule has 1 saturated carbocycles. The summed E-state index contributed by atoms with van der Waals surface area (Å²) in [5, 5.41) is 0. The van der Waals surface area contributed by atoms with E-state index in [1.807, 2.05) is 0 Å². The quantitative estimate of drug-likeness (QED) is 0.392. The van der Waals surface area contributed by atoms with Crippen LogP contribution in [0.25, 0.3) is 0 Å². The van der Waals surface area contributed by atoms with E-state index in [9.17, 15) is 4.79 Å². The van der Waals surface area contributed by atoms with Gasteiger partial charge in [0.15, 0.2) is 0 Å². The molecule has 0 unspecified atom stereocenters. The van der Waals surface area contributed by atoms with E-state index in [1.54, 1.807) is 0 Å². The Morgan fingerprint density at radius 3 is 2.00 bits per heavy atom. The van der Waals surface area contributed by atoms with Gasteiger partial charge in [-0.25, -0.2) is 0 Å². The maximum atomic E-state index is 10.2. The van der Waals surface area contributed by atoms with Crippen molar-refractivity contribution in [3.63, 3.8) is 0 Å². The summed E-state index contributed by atoms with van der Waals surface area (Å²) < 4.78 is 0. The monoisotopic (exact) mass is 135 g/mol. The van der Waals surface area contributed by atoms with Crippen LogP contribution < -0.4 is 0 Å². The Bertz CT molecular complexity index is 77.0. The smallest absolute Gasteiger partial charge is 0.123 e. The zero-order valence-electron chi connectivity index (χ0n) is 6.10. The van der Waals surface area contributed by atoms with Crippen LogP contribution in [0.5, 0.6) is 0 Å². The molecule has 0 atom stereocenters. The first-order chi connectivity index (χ1) is 3.93. The van der Waals surface area contributed by atoms with Gasteiger partial charge in [0.2, 0.25) is 0 Å². The van der Waals surface area contributed by atoms with Gasteiger partial charge in [-0.05, 0) is 12.8 Å². The Morgan fingerprint density at radius 1 is 1.11 bits per heavy atom. The van der Waals surface area contributed by atoms with E-state index in [-0.39, 0.29) is 29.6 Å².